The molecule has 3 nitrogen and oxygen atoms in total. The Balaban J connectivity index is 2.76. The second-order valence-corrected chi connectivity index (χ2v) is 2.90. The topological polar surface area (TPSA) is 43.4 Å². The van der Waals surface area contributed by atoms with Gasteiger partial charge in [0.2, 0.25) is 0 Å². The van der Waals surface area contributed by atoms with Gasteiger partial charge in [-0.15, -0.1) is 0 Å². The average Bonchev–Trinajstić information content (AvgIpc) is 2.08. The van der Waals surface area contributed by atoms with Crippen molar-refractivity contribution in [3.05, 3.63) is 11.6 Å². The van der Waals surface area contributed by atoms with Crippen LogP contribution < -0.4 is 0 Å². The van der Waals surface area contributed by atoms with Crippen molar-refractivity contribution in [1.29, 1.82) is 0 Å². The number of allylic oxidation sites excluding steroid dienone is 2. The van der Waals surface area contributed by atoms with Gasteiger partial charge in [0.25, 0.3) is 0 Å². The van der Waals surface area contributed by atoms with Gasteiger partial charge in [0.05, 0.1) is 7.11 Å². The van der Waals surface area contributed by atoms with Crippen LogP contribution in [-0.4, -0.2) is 18.9 Å². The molecule has 0 saturated carbocycles. The number of esters is 1. The highest BCUT2D eigenvalue weighted by molar-refractivity contribution is 6.08. The van der Waals surface area contributed by atoms with Gasteiger partial charge in [-0.1, -0.05) is 6.08 Å². The summed E-state index contributed by atoms with van der Waals surface area (Å²) >= 11 is 0. The molecule has 0 aromatic heterocycles. The Morgan fingerprint density at radius 2 is 2.33 bits per heavy atom. The number of hydrogen-bond acceptors (Lipinski definition) is 3. The van der Waals surface area contributed by atoms with Gasteiger partial charge in [0.1, 0.15) is 5.92 Å². The lowest BCUT2D eigenvalue weighted by Gasteiger charge is -2.16. The van der Waals surface area contributed by atoms with Crippen molar-refractivity contribution < 1.29 is 14.3 Å². The van der Waals surface area contributed by atoms with Crippen molar-refractivity contribution in [3.8, 4) is 0 Å². The van der Waals surface area contributed by atoms with Crippen molar-refractivity contribution in [2.45, 2.75) is 19.8 Å². The Hall–Kier alpha value is -1.12. The minimum atomic E-state index is -0.556. The van der Waals surface area contributed by atoms with Crippen LogP contribution >= 0.6 is 0 Å². The monoisotopic (exact) mass is 168 g/mol. The molecule has 0 N–H and O–H groups in total. The molecular formula is C9H12O3. The van der Waals surface area contributed by atoms with Gasteiger partial charge in [-0.05, 0) is 25.3 Å². The molecule has 0 fully saturated rings. The molecule has 0 radical (unpaired) electrons. The third-order valence-corrected chi connectivity index (χ3v) is 2.10. The number of hydrogen-bond donors (Lipinski definition) is 0. The fourth-order valence-electron chi connectivity index (χ4n) is 1.34. The van der Waals surface area contributed by atoms with Crippen LogP contribution in [-0.2, 0) is 14.3 Å². The van der Waals surface area contributed by atoms with E-state index < -0.39 is 11.9 Å². The molecule has 0 aromatic carbocycles. The maximum atomic E-state index is 11.4. The number of carbonyl (C=O) groups excluding carboxylic acids is 2. The Labute approximate surface area is 71.4 Å². The number of Topliss-reactive ketones (excluding diaryl/α,β-unsaturated/α-hetero) is 1. The number of ether oxygens (including phenoxy) is 1. The van der Waals surface area contributed by atoms with Crippen LogP contribution in [0.2, 0.25) is 0 Å². The normalized spacial score (nSPS) is 23.3. The van der Waals surface area contributed by atoms with Crippen molar-refractivity contribution in [2.24, 2.45) is 5.92 Å². The van der Waals surface area contributed by atoms with Crippen molar-refractivity contribution >= 4 is 11.8 Å². The molecule has 12 heavy (non-hydrogen) atoms. The van der Waals surface area contributed by atoms with Crippen LogP contribution in [0.4, 0.5) is 0 Å². The van der Waals surface area contributed by atoms with E-state index in [1.165, 1.54) is 7.11 Å². The summed E-state index contributed by atoms with van der Waals surface area (Å²) in [4.78, 5) is 22.4. The molecule has 0 amide bonds. The summed E-state index contributed by atoms with van der Waals surface area (Å²) in [5, 5.41) is 0. The largest absolute Gasteiger partial charge is 0.468 e. The predicted octanol–water partition coefficient (Wildman–Crippen LogP) is 1.08. The maximum Gasteiger partial charge on any atom is 0.316 e. The van der Waals surface area contributed by atoms with Gasteiger partial charge < -0.3 is 4.74 Å². The SMILES string of the molecule is COC(=O)C1CCC=C(C)C1=O. The molecule has 1 aliphatic carbocycles. The Morgan fingerprint density at radius 1 is 1.67 bits per heavy atom. The molecule has 1 rings (SSSR count). The van der Waals surface area contributed by atoms with Crippen LogP contribution in [0.1, 0.15) is 19.8 Å². The highest BCUT2D eigenvalue weighted by atomic mass is 16.5. The molecule has 3 heteroatoms. The summed E-state index contributed by atoms with van der Waals surface area (Å²) < 4.78 is 4.52. The molecule has 0 aliphatic heterocycles. The maximum absolute atomic E-state index is 11.4. The average molecular weight is 168 g/mol. The van der Waals surface area contributed by atoms with Crippen LogP contribution in [0.15, 0.2) is 11.6 Å². The van der Waals surface area contributed by atoms with E-state index in [1.54, 1.807) is 6.92 Å². The van der Waals surface area contributed by atoms with Gasteiger partial charge in [-0.2, -0.15) is 0 Å². The summed E-state index contributed by atoms with van der Waals surface area (Å²) in [5.74, 6) is -1.06. The van der Waals surface area contributed by atoms with Gasteiger partial charge in [-0.25, -0.2) is 0 Å². The van der Waals surface area contributed by atoms with E-state index in [1.807, 2.05) is 6.08 Å². The van der Waals surface area contributed by atoms with E-state index in [0.29, 0.717) is 12.0 Å². The quantitative estimate of drug-likeness (QED) is 0.434. The fraction of sp³-hybridized carbons (Fsp3) is 0.556. The molecule has 0 bridgehead atoms. The lowest BCUT2D eigenvalue weighted by molar-refractivity contribution is -0.149. The van der Waals surface area contributed by atoms with E-state index in [0.717, 1.165) is 6.42 Å². The second-order valence-electron chi connectivity index (χ2n) is 2.90. The molecular weight excluding hydrogens is 156 g/mol. The van der Waals surface area contributed by atoms with Crippen molar-refractivity contribution in [3.63, 3.8) is 0 Å². The second kappa shape index (κ2) is 3.52. The van der Waals surface area contributed by atoms with E-state index >= 15 is 0 Å². The number of ketones is 1. The Morgan fingerprint density at radius 3 is 2.92 bits per heavy atom. The van der Waals surface area contributed by atoms with E-state index in [4.69, 9.17) is 0 Å². The van der Waals surface area contributed by atoms with Crippen LogP contribution in [0.3, 0.4) is 0 Å². The lowest BCUT2D eigenvalue weighted by atomic mass is 9.88. The summed E-state index contributed by atoms with van der Waals surface area (Å²) in [6, 6.07) is 0. The predicted molar refractivity (Wildman–Crippen MR) is 43.5 cm³/mol. The first-order valence-corrected chi connectivity index (χ1v) is 3.95. The Bertz CT molecular complexity index is 240. The minimum Gasteiger partial charge on any atom is -0.468 e. The smallest absolute Gasteiger partial charge is 0.316 e. The van der Waals surface area contributed by atoms with Gasteiger partial charge in [-0.3, -0.25) is 9.59 Å². The molecule has 0 aromatic rings. The number of carbonyl (C=O) groups is 2. The van der Waals surface area contributed by atoms with Crippen molar-refractivity contribution in [1.82, 2.24) is 0 Å². The first-order chi connectivity index (χ1) is 5.66. The van der Waals surface area contributed by atoms with Gasteiger partial charge in [0, 0.05) is 0 Å². The first-order valence-electron chi connectivity index (χ1n) is 3.95. The number of methoxy groups -OCH3 is 1. The van der Waals surface area contributed by atoms with Crippen LogP contribution in [0.25, 0.3) is 0 Å². The zero-order valence-corrected chi connectivity index (χ0v) is 7.29. The summed E-state index contributed by atoms with van der Waals surface area (Å²) in [5.41, 5.74) is 0.677. The Kier molecular flexibility index (Phi) is 2.63. The lowest BCUT2D eigenvalue weighted by Crippen LogP contribution is -2.28. The minimum absolute atomic E-state index is 0.0897. The zero-order chi connectivity index (χ0) is 9.14. The highest BCUT2D eigenvalue weighted by Gasteiger charge is 2.29. The molecule has 1 unspecified atom stereocenters. The van der Waals surface area contributed by atoms with E-state index in [2.05, 4.69) is 4.74 Å². The number of rotatable bonds is 1. The van der Waals surface area contributed by atoms with Crippen molar-refractivity contribution in [2.75, 3.05) is 7.11 Å². The standard InChI is InChI=1S/C9H12O3/c1-6-4-3-5-7(8(6)10)9(11)12-2/h4,7H,3,5H2,1-2H3. The molecule has 0 heterocycles. The van der Waals surface area contributed by atoms with Crippen LogP contribution in [0, 0.1) is 5.92 Å². The zero-order valence-electron chi connectivity index (χ0n) is 7.29. The summed E-state index contributed by atoms with van der Waals surface area (Å²) in [6.45, 7) is 1.73. The van der Waals surface area contributed by atoms with E-state index in [9.17, 15) is 9.59 Å². The third kappa shape index (κ3) is 1.55. The van der Waals surface area contributed by atoms with Gasteiger partial charge >= 0.3 is 5.97 Å². The van der Waals surface area contributed by atoms with Gasteiger partial charge in [0.15, 0.2) is 5.78 Å². The fourth-order valence-corrected chi connectivity index (χ4v) is 1.34. The van der Waals surface area contributed by atoms with Crippen LogP contribution in [0.5, 0.6) is 0 Å². The summed E-state index contributed by atoms with van der Waals surface area (Å²) in [7, 11) is 1.31. The van der Waals surface area contributed by atoms with E-state index in [-0.39, 0.29) is 5.78 Å². The highest BCUT2D eigenvalue weighted by Crippen LogP contribution is 2.20. The first kappa shape index (κ1) is 8.97. The molecule has 0 spiro atoms. The molecule has 1 aliphatic rings. The third-order valence-electron chi connectivity index (χ3n) is 2.10. The molecule has 1 atom stereocenters. The molecule has 66 valence electrons. The molecule has 0 saturated heterocycles. The summed E-state index contributed by atoms with van der Waals surface area (Å²) in [6.07, 6.45) is 3.24.